The van der Waals surface area contributed by atoms with E-state index in [0.717, 1.165) is 18.5 Å². The number of unbranched alkanes of at least 4 members (excludes halogenated alkanes) is 1. The second kappa shape index (κ2) is 9.15. The number of aliphatic imine (C=N–C) groups is 1. The van der Waals surface area contributed by atoms with E-state index < -0.39 is 11.8 Å². The van der Waals surface area contributed by atoms with E-state index in [1.165, 1.54) is 7.11 Å². The van der Waals surface area contributed by atoms with Crippen LogP contribution in [0.15, 0.2) is 32.9 Å². The average molecular weight is 492 g/mol. The fourth-order valence-electron chi connectivity index (χ4n) is 4.45. The number of carbonyl (C=O) groups excluding carboxylic acids is 2. The highest BCUT2D eigenvalue weighted by Gasteiger charge is 2.46. The van der Waals surface area contributed by atoms with Crippen molar-refractivity contribution in [1.29, 1.82) is 0 Å². The van der Waals surface area contributed by atoms with Gasteiger partial charge in [-0.1, -0.05) is 27.2 Å². The lowest BCUT2D eigenvalue weighted by atomic mass is 9.67. The molecule has 1 aromatic rings. The van der Waals surface area contributed by atoms with Crippen LogP contribution in [-0.4, -0.2) is 36.3 Å². The van der Waals surface area contributed by atoms with E-state index in [9.17, 15) is 14.7 Å². The van der Waals surface area contributed by atoms with Crippen LogP contribution < -0.4 is 4.74 Å². The minimum absolute atomic E-state index is 0.00187. The Morgan fingerprint density at radius 1 is 1.32 bits per heavy atom. The highest BCUT2D eigenvalue weighted by atomic mass is 79.9. The van der Waals surface area contributed by atoms with Crippen LogP contribution in [0.2, 0.25) is 0 Å². The maximum Gasteiger partial charge on any atom is 0.315 e. The van der Waals surface area contributed by atoms with Crippen molar-refractivity contribution < 1.29 is 24.2 Å². The molecule has 1 aliphatic heterocycles. The quantitative estimate of drug-likeness (QED) is 0.429. The summed E-state index contributed by atoms with van der Waals surface area (Å²) >= 11 is 3.37. The van der Waals surface area contributed by atoms with Crippen LogP contribution in [-0.2, 0) is 14.3 Å². The maximum absolute atomic E-state index is 13.3. The van der Waals surface area contributed by atoms with Gasteiger partial charge in [0.1, 0.15) is 5.92 Å². The molecule has 7 heteroatoms. The Hall–Kier alpha value is -2.15. The number of phenols is 1. The van der Waals surface area contributed by atoms with Crippen molar-refractivity contribution in [3.05, 3.63) is 33.4 Å². The number of rotatable bonds is 6. The summed E-state index contributed by atoms with van der Waals surface area (Å²) in [6.45, 7) is 8.30. The fourth-order valence-corrected chi connectivity index (χ4v) is 4.91. The Bertz CT molecular complexity index is 963. The Labute approximate surface area is 191 Å². The number of hydrogen-bond acceptors (Lipinski definition) is 6. The van der Waals surface area contributed by atoms with Gasteiger partial charge in [-0.3, -0.25) is 14.6 Å². The molecule has 0 amide bonds. The third-order valence-electron chi connectivity index (χ3n) is 5.93. The largest absolute Gasteiger partial charge is 0.503 e. The van der Waals surface area contributed by atoms with Crippen molar-refractivity contribution in [2.75, 3.05) is 13.7 Å². The summed E-state index contributed by atoms with van der Waals surface area (Å²) in [4.78, 5) is 31.2. The molecule has 1 aliphatic carbocycles. The number of phenolic OH excluding ortho intramolecular Hbond substituents is 1. The van der Waals surface area contributed by atoms with Gasteiger partial charge in [-0.2, -0.15) is 0 Å². The molecule has 3 rings (SSSR count). The molecule has 1 N–H and O–H groups in total. The molecule has 168 valence electrons. The van der Waals surface area contributed by atoms with E-state index in [1.807, 2.05) is 13.8 Å². The van der Waals surface area contributed by atoms with Crippen LogP contribution in [0.5, 0.6) is 11.5 Å². The normalized spacial score (nSPS) is 22.6. The van der Waals surface area contributed by atoms with E-state index in [4.69, 9.17) is 14.5 Å². The molecule has 0 saturated heterocycles. The van der Waals surface area contributed by atoms with Gasteiger partial charge >= 0.3 is 5.97 Å². The fraction of sp³-hybridized carbons (Fsp3) is 0.542. The van der Waals surface area contributed by atoms with Crippen LogP contribution >= 0.6 is 15.9 Å². The molecular weight excluding hydrogens is 462 g/mol. The van der Waals surface area contributed by atoms with Crippen LogP contribution in [0.25, 0.3) is 0 Å². The second-order valence-corrected chi connectivity index (χ2v) is 9.94. The molecule has 2 atom stereocenters. The van der Waals surface area contributed by atoms with Gasteiger partial charge in [0.2, 0.25) is 0 Å². The Morgan fingerprint density at radius 3 is 2.68 bits per heavy atom. The van der Waals surface area contributed by atoms with Crippen LogP contribution in [0, 0.1) is 11.3 Å². The first-order chi connectivity index (χ1) is 14.6. The highest BCUT2D eigenvalue weighted by Crippen LogP contribution is 2.49. The number of nitrogens with zero attached hydrogens (tertiary/aromatic N) is 1. The molecule has 0 saturated carbocycles. The summed E-state index contributed by atoms with van der Waals surface area (Å²) in [5.41, 5.74) is 2.46. The lowest BCUT2D eigenvalue weighted by Gasteiger charge is -2.39. The van der Waals surface area contributed by atoms with Crippen molar-refractivity contribution in [2.24, 2.45) is 16.3 Å². The molecule has 31 heavy (non-hydrogen) atoms. The molecule has 1 heterocycles. The van der Waals surface area contributed by atoms with Gasteiger partial charge in [0.25, 0.3) is 0 Å². The molecule has 0 bridgehead atoms. The minimum atomic E-state index is -0.707. The SMILES string of the molecule is CCCCOC(=O)C1C(C)=NC2=C(C(=O)CC(C)(C)C2)[C@@H]1c1cc(Br)c(O)c(OC)c1. The predicted molar refractivity (Wildman–Crippen MR) is 123 cm³/mol. The standard InChI is InChI=1S/C24H30BrNO5/c1-6-7-8-31-23(29)19-13(2)26-16-11-24(3,4)12-17(27)21(16)20(19)14-9-15(25)22(28)18(10-14)30-5/h9-10,19-20,28H,6-8,11-12H2,1-5H3/t19?,20-/m1/s1. The number of carbonyl (C=O) groups is 2. The molecule has 1 aromatic carbocycles. The zero-order valence-electron chi connectivity index (χ0n) is 18.8. The number of ketones is 1. The number of methoxy groups -OCH3 is 1. The first kappa shape index (κ1) is 23.5. The number of halogens is 1. The molecule has 0 radical (unpaired) electrons. The summed E-state index contributed by atoms with van der Waals surface area (Å²) < 4.78 is 11.3. The lowest BCUT2D eigenvalue weighted by molar-refractivity contribution is -0.146. The van der Waals surface area contributed by atoms with Crippen LogP contribution in [0.1, 0.15) is 64.9 Å². The number of Topliss-reactive ketones (excluding diaryl/α,β-unsaturated/α-hetero) is 1. The van der Waals surface area contributed by atoms with E-state index in [0.29, 0.717) is 40.8 Å². The Morgan fingerprint density at radius 2 is 2.03 bits per heavy atom. The van der Waals surface area contributed by atoms with Gasteiger partial charge in [0.15, 0.2) is 17.3 Å². The number of allylic oxidation sites excluding steroid dienone is 2. The summed E-state index contributed by atoms with van der Waals surface area (Å²) in [5.74, 6) is -1.39. The third kappa shape index (κ3) is 4.71. The minimum Gasteiger partial charge on any atom is -0.503 e. The molecule has 2 aliphatic rings. The van der Waals surface area contributed by atoms with Crippen molar-refractivity contribution in [3.63, 3.8) is 0 Å². The topological polar surface area (TPSA) is 85.2 Å². The molecule has 0 spiro atoms. The monoisotopic (exact) mass is 491 g/mol. The first-order valence-electron chi connectivity index (χ1n) is 10.6. The number of hydrogen-bond donors (Lipinski definition) is 1. The Balaban J connectivity index is 2.16. The first-order valence-corrected chi connectivity index (χ1v) is 11.4. The maximum atomic E-state index is 13.3. The van der Waals surface area contributed by atoms with E-state index in [-0.39, 0.29) is 28.7 Å². The van der Waals surface area contributed by atoms with Gasteiger partial charge in [-0.15, -0.1) is 0 Å². The molecular formula is C24H30BrNO5. The van der Waals surface area contributed by atoms with Gasteiger partial charge in [0, 0.05) is 29.3 Å². The van der Waals surface area contributed by atoms with Gasteiger partial charge in [-0.05, 0) is 58.8 Å². The van der Waals surface area contributed by atoms with Crippen molar-refractivity contribution in [1.82, 2.24) is 0 Å². The summed E-state index contributed by atoms with van der Waals surface area (Å²) in [5, 5.41) is 10.3. The summed E-state index contributed by atoms with van der Waals surface area (Å²) in [6.07, 6.45) is 2.75. The van der Waals surface area contributed by atoms with E-state index in [2.05, 4.69) is 29.8 Å². The van der Waals surface area contributed by atoms with Crippen LogP contribution in [0.4, 0.5) is 0 Å². The van der Waals surface area contributed by atoms with Crippen LogP contribution in [0.3, 0.4) is 0 Å². The third-order valence-corrected chi connectivity index (χ3v) is 6.53. The highest BCUT2D eigenvalue weighted by molar-refractivity contribution is 9.10. The zero-order chi connectivity index (χ0) is 22.9. The van der Waals surface area contributed by atoms with Crippen molar-refractivity contribution in [3.8, 4) is 11.5 Å². The smallest absolute Gasteiger partial charge is 0.315 e. The van der Waals surface area contributed by atoms with E-state index in [1.54, 1.807) is 12.1 Å². The molecule has 0 aromatic heterocycles. The molecule has 0 fully saturated rings. The zero-order valence-corrected chi connectivity index (χ0v) is 20.3. The summed E-state index contributed by atoms with van der Waals surface area (Å²) in [6, 6.07) is 3.43. The number of ether oxygens (including phenoxy) is 2. The van der Waals surface area contributed by atoms with Gasteiger partial charge in [0.05, 0.1) is 18.2 Å². The average Bonchev–Trinajstić information content (AvgIpc) is 2.68. The predicted octanol–water partition coefficient (Wildman–Crippen LogP) is 5.32. The van der Waals surface area contributed by atoms with Gasteiger partial charge in [-0.25, -0.2) is 0 Å². The number of aromatic hydroxyl groups is 1. The Kier molecular flexibility index (Phi) is 6.94. The molecule has 6 nitrogen and oxygen atoms in total. The van der Waals surface area contributed by atoms with E-state index >= 15 is 0 Å². The number of benzene rings is 1. The van der Waals surface area contributed by atoms with Gasteiger partial charge < -0.3 is 14.6 Å². The second-order valence-electron chi connectivity index (χ2n) is 9.08. The summed E-state index contributed by atoms with van der Waals surface area (Å²) in [7, 11) is 1.47. The van der Waals surface area contributed by atoms with Crippen molar-refractivity contribution >= 4 is 33.4 Å². The lowest BCUT2D eigenvalue weighted by Crippen LogP contribution is -2.39. The van der Waals surface area contributed by atoms with Crippen molar-refractivity contribution in [2.45, 2.75) is 59.3 Å². The molecule has 1 unspecified atom stereocenters. The number of esters is 1.